The lowest BCUT2D eigenvalue weighted by atomic mass is 9.45. The van der Waals surface area contributed by atoms with E-state index in [-0.39, 0.29) is 35.2 Å². The third-order valence-electron chi connectivity index (χ3n) is 8.54. The topological polar surface area (TPSA) is 81.8 Å². The summed E-state index contributed by atoms with van der Waals surface area (Å²) in [6, 6.07) is -0.0362. The Morgan fingerprint density at radius 3 is 2.61 bits per heavy atom. The molecule has 4 fully saturated rings. The zero-order valence-corrected chi connectivity index (χ0v) is 18.2. The summed E-state index contributed by atoms with van der Waals surface area (Å²) in [5.74, 6) is 2.27. The Morgan fingerprint density at radius 1 is 1.14 bits per heavy atom. The molecule has 0 saturated heterocycles. The summed E-state index contributed by atoms with van der Waals surface area (Å²) in [4.78, 5) is 31.1. The number of hydrogen-bond acceptors (Lipinski definition) is 5. The van der Waals surface area contributed by atoms with Gasteiger partial charge in [-0.1, -0.05) is 19.0 Å². The predicted molar refractivity (Wildman–Crippen MR) is 111 cm³/mol. The Labute approximate surface area is 174 Å². The molecule has 5 nitrogen and oxygen atoms in total. The van der Waals surface area contributed by atoms with Crippen molar-refractivity contribution < 1.29 is 14.4 Å². The second-order valence-corrected chi connectivity index (χ2v) is 10.2. The molecule has 6 heteroatoms. The number of oxime groups is 1. The maximum Gasteiger partial charge on any atom is 0.139 e. The van der Waals surface area contributed by atoms with Gasteiger partial charge < -0.3 is 10.6 Å². The van der Waals surface area contributed by atoms with Crippen LogP contribution in [0.25, 0.3) is 0 Å². The maximum absolute atomic E-state index is 13.2. The summed E-state index contributed by atoms with van der Waals surface area (Å²) >= 11 is 0. The van der Waals surface area contributed by atoms with Gasteiger partial charge in [0.05, 0.1) is 5.71 Å². The summed E-state index contributed by atoms with van der Waals surface area (Å²) in [6.45, 7) is 6.82. The van der Waals surface area contributed by atoms with Crippen LogP contribution in [-0.2, 0) is 14.4 Å². The molecule has 2 N–H and O–H groups in total. The third-order valence-corrected chi connectivity index (χ3v) is 8.54. The van der Waals surface area contributed by atoms with Crippen molar-refractivity contribution in [2.75, 3.05) is 6.61 Å². The highest BCUT2D eigenvalue weighted by Crippen LogP contribution is 2.64. The highest BCUT2D eigenvalue weighted by atomic mass is 35.5. The monoisotopic (exact) mass is 410 g/mol. The predicted octanol–water partition coefficient (Wildman–Crippen LogP) is 3.92. The van der Waals surface area contributed by atoms with Crippen molar-refractivity contribution in [3.8, 4) is 0 Å². The molecule has 0 aromatic carbocycles. The number of carbonyl (C=O) groups is 2. The van der Waals surface area contributed by atoms with E-state index in [4.69, 9.17) is 10.6 Å². The largest absolute Gasteiger partial charge is 0.394 e. The van der Waals surface area contributed by atoms with E-state index in [0.717, 1.165) is 44.2 Å². The summed E-state index contributed by atoms with van der Waals surface area (Å²) < 4.78 is 0. The highest BCUT2D eigenvalue weighted by Gasteiger charge is 2.62. The van der Waals surface area contributed by atoms with Gasteiger partial charge in [0.1, 0.15) is 18.2 Å². The number of fused-ring (bicyclic) bond motifs is 5. The number of Topliss-reactive ketones (excluding diaryl/α,β-unsaturated/α-hetero) is 2. The van der Waals surface area contributed by atoms with Gasteiger partial charge >= 0.3 is 0 Å². The molecule has 0 amide bonds. The van der Waals surface area contributed by atoms with Crippen molar-refractivity contribution in [1.82, 2.24) is 0 Å². The normalized spacial score (nSPS) is 44.9. The zero-order chi connectivity index (χ0) is 19.4. The molecule has 4 rings (SSSR count). The van der Waals surface area contributed by atoms with Crippen molar-refractivity contribution in [3.05, 3.63) is 0 Å². The number of nitrogens with two attached hydrogens (primary N) is 1. The minimum absolute atomic E-state index is 0. The quantitative estimate of drug-likeness (QED) is 0.715. The van der Waals surface area contributed by atoms with Gasteiger partial charge in [0.2, 0.25) is 0 Å². The van der Waals surface area contributed by atoms with Crippen molar-refractivity contribution >= 4 is 29.7 Å². The second kappa shape index (κ2) is 7.71. The first-order valence-corrected chi connectivity index (χ1v) is 10.7. The fraction of sp³-hybridized carbons (Fsp3) is 0.864. The molecule has 0 aliphatic heterocycles. The van der Waals surface area contributed by atoms with E-state index < -0.39 is 0 Å². The van der Waals surface area contributed by atoms with Crippen LogP contribution < -0.4 is 5.73 Å². The van der Waals surface area contributed by atoms with Crippen LogP contribution in [0.2, 0.25) is 0 Å². The fourth-order valence-corrected chi connectivity index (χ4v) is 6.95. The Kier molecular flexibility index (Phi) is 6.00. The number of nitrogens with zero attached hydrogens (tertiary/aromatic N) is 1. The van der Waals surface area contributed by atoms with Gasteiger partial charge in [0.25, 0.3) is 0 Å². The minimum Gasteiger partial charge on any atom is -0.394 e. The number of hydrogen-bond donors (Lipinski definition) is 1. The lowest BCUT2D eigenvalue weighted by molar-refractivity contribution is -0.152. The van der Waals surface area contributed by atoms with Crippen LogP contribution in [-0.4, -0.2) is 29.9 Å². The molecule has 0 unspecified atom stereocenters. The van der Waals surface area contributed by atoms with Gasteiger partial charge in [-0.2, -0.15) is 0 Å². The van der Waals surface area contributed by atoms with Gasteiger partial charge in [0.15, 0.2) is 0 Å². The van der Waals surface area contributed by atoms with Gasteiger partial charge in [-0.15, -0.1) is 12.4 Å². The molecule has 4 aliphatic rings. The van der Waals surface area contributed by atoms with Gasteiger partial charge in [0, 0.05) is 30.2 Å². The zero-order valence-electron chi connectivity index (χ0n) is 17.4. The Hall–Kier alpha value is -0.940. The Balaban J connectivity index is 0.00000225. The van der Waals surface area contributed by atoms with Gasteiger partial charge in [-0.05, 0) is 68.6 Å². The van der Waals surface area contributed by atoms with Crippen LogP contribution in [0.4, 0.5) is 0 Å². The van der Waals surface area contributed by atoms with Crippen molar-refractivity contribution in [2.24, 2.45) is 45.4 Å². The smallest absolute Gasteiger partial charge is 0.139 e. The highest BCUT2D eigenvalue weighted by molar-refractivity contribution is 5.93. The summed E-state index contributed by atoms with van der Waals surface area (Å²) in [7, 11) is 0. The summed E-state index contributed by atoms with van der Waals surface area (Å²) in [5.41, 5.74) is 6.62. The van der Waals surface area contributed by atoms with E-state index in [1.165, 1.54) is 0 Å². The van der Waals surface area contributed by atoms with Crippen molar-refractivity contribution in [1.29, 1.82) is 0 Å². The maximum atomic E-state index is 13.2. The number of carbonyl (C=O) groups excluding carboxylic acids is 2. The molecule has 0 heterocycles. The molecule has 7 atom stereocenters. The second-order valence-electron chi connectivity index (χ2n) is 10.2. The minimum atomic E-state index is -0.168. The average Bonchev–Trinajstić information content (AvgIpc) is 2.91. The molecular weight excluding hydrogens is 376 g/mol. The first-order chi connectivity index (χ1) is 12.8. The molecule has 0 spiro atoms. The van der Waals surface area contributed by atoms with Gasteiger partial charge in [-0.3, -0.25) is 9.59 Å². The van der Waals surface area contributed by atoms with Crippen LogP contribution in [0.3, 0.4) is 0 Å². The van der Waals surface area contributed by atoms with Crippen LogP contribution in [0, 0.1) is 34.5 Å². The van der Waals surface area contributed by atoms with Crippen LogP contribution in [0.5, 0.6) is 0 Å². The standard InChI is InChI=1S/C22H34N2O3.ClH/c1-13(23)12-27-24-14-6-8-21(2)17-7-9-22(3)16(4-5-20(22)26)15(17)11-19(25)18(21)10-14;/h13,15-18H,4-12,23H2,1-3H3;1H/b24-14+;/t13-,15-,16-,17-,18+,21+,22-;/m0./s1. The molecule has 0 aromatic heterocycles. The van der Waals surface area contributed by atoms with Gasteiger partial charge in [-0.25, -0.2) is 0 Å². The van der Waals surface area contributed by atoms with Crippen LogP contribution in [0.15, 0.2) is 5.16 Å². The Bertz CT molecular complexity index is 679. The van der Waals surface area contributed by atoms with E-state index in [0.29, 0.717) is 48.8 Å². The summed E-state index contributed by atoms with van der Waals surface area (Å²) in [5, 5.41) is 4.30. The lowest BCUT2D eigenvalue weighted by Gasteiger charge is -2.58. The first-order valence-electron chi connectivity index (χ1n) is 10.7. The molecule has 4 saturated carbocycles. The van der Waals surface area contributed by atoms with E-state index in [2.05, 4.69) is 19.0 Å². The number of halogens is 1. The SMILES string of the molecule is C[C@H](N)CO/N=C1\CC[C@@]2(C)[C@H](C1)C(=O)C[C@@H]1[C@@H]2CC[C@]2(C)C(=O)CC[C@@H]12.Cl. The molecule has 0 bridgehead atoms. The fourth-order valence-electron chi connectivity index (χ4n) is 6.95. The Morgan fingerprint density at radius 2 is 1.89 bits per heavy atom. The van der Waals surface area contributed by atoms with Crippen LogP contribution in [0.1, 0.15) is 72.1 Å². The number of rotatable bonds is 3. The first kappa shape index (κ1) is 21.8. The van der Waals surface area contributed by atoms with Crippen molar-refractivity contribution in [2.45, 2.75) is 78.2 Å². The van der Waals surface area contributed by atoms with E-state index in [9.17, 15) is 9.59 Å². The van der Waals surface area contributed by atoms with E-state index in [1.807, 2.05) is 6.92 Å². The van der Waals surface area contributed by atoms with E-state index >= 15 is 0 Å². The van der Waals surface area contributed by atoms with Crippen LogP contribution >= 0.6 is 12.4 Å². The molecule has 158 valence electrons. The molecular formula is C22H35ClN2O3. The van der Waals surface area contributed by atoms with Crippen molar-refractivity contribution in [3.63, 3.8) is 0 Å². The third kappa shape index (κ3) is 3.32. The average molecular weight is 411 g/mol. The molecule has 4 aliphatic carbocycles. The molecule has 28 heavy (non-hydrogen) atoms. The molecule has 0 radical (unpaired) electrons. The lowest BCUT2D eigenvalue weighted by Crippen LogP contribution is -2.56. The van der Waals surface area contributed by atoms with E-state index in [1.54, 1.807) is 0 Å². The summed E-state index contributed by atoms with van der Waals surface area (Å²) in [6.07, 6.45) is 7.11. The molecule has 0 aromatic rings. The number of ketones is 2.